The van der Waals surface area contributed by atoms with Crippen molar-refractivity contribution >= 4 is 9.84 Å². The van der Waals surface area contributed by atoms with Crippen molar-refractivity contribution in [1.29, 1.82) is 0 Å². The van der Waals surface area contributed by atoms with Gasteiger partial charge in [-0.25, -0.2) is 8.42 Å². The first kappa shape index (κ1) is 14.2. The van der Waals surface area contributed by atoms with E-state index in [0.717, 1.165) is 0 Å². The van der Waals surface area contributed by atoms with E-state index in [9.17, 15) is 13.5 Å². The highest BCUT2D eigenvalue weighted by Crippen LogP contribution is 2.22. The summed E-state index contributed by atoms with van der Waals surface area (Å²) in [5.41, 5.74) is 4.93. The third-order valence-corrected chi connectivity index (χ3v) is 4.99. The zero-order valence-corrected chi connectivity index (χ0v) is 11.2. The topological polar surface area (TPSA) is 80.4 Å². The van der Waals surface area contributed by atoms with E-state index in [4.69, 9.17) is 5.73 Å². The molecule has 0 heterocycles. The molecule has 17 heavy (non-hydrogen) atoms. The van der Waals surface area contributed by atoms with E-state index in [1.807, 2.05) is 0 Å². The molecular weight excluding hydrogens is 238 g/mol. The minimum absolute atomic E-state index is 0.0866. The molecule has 1 rings (SSSR count). The van der Waals surface area contributed by atoms with Gasteiger partial charge in [0.05, 0.1) is 15.7 Å². The van der Waals surface area contributed by atoms with Crippen molar-refractivity contribution in [2.45, 2.75) is 36.5 Å². The highest BCUT2D eigenvalue weighted by Gasteiger charge is 2.23. The Morgan fingerprint density at radius 3 is 2.12 bits per heavy atom. The Morgan fingerprint density at radius 2 is 1.76 bits per heavy atom. The summed E-state index contributed by atoms with van der Waals surface area (Å²) in [6, 6.07) is 6.22. The number of aliphatic hydroxyl groups is 1. The first-order valence-corrected chi connectivity index (χ1v) is 7.03. The van der Waals surface area contributed by atoms with Crippen LogP contribution >= 0.6 is 0 Å². The fourth-order valence-corrected chi connectivity index (χ4v) is 2.45. The molecule has 3 N–H and O–H groups in total. The van der Waals surface area contributed by atoms with Gasteiger partial charge in [-0.05, 0) is 38.5 Å². The van der Waals surface area contributed by atoms with Gasteiger partial charge in [0.25, 0.3) is 0 Å². The van der Waals surface area contributed by atoms with Crippen LogP contribution in [0.5, 0.6) is 0 Å². The lowest BCUT2D eigenvalue weighted by Gasteiger charge is -2.21. The van der Waals surface area contributed by atoms with E-state index in [0.29, 0.717) is 5.56 Å². The van der Waals surface area contributed by atoms with Crippen molar-refractivity contribution in [3.63, 3.8) is 0 Å². The van der Waals surface area contributed by atoms with Gasteiger partial charge >= 0.3 is 0 Å². The van der Waals surface area contributed by atoms with Gasteiger partial charge in [-0.2, -0.15) is 0 Å². The van der Waals surface area contributed by atoms with Crippen LogP contribution in [0.2, 0.25) is 0 Å². The van der Waals surface area contributed by atoms with Crippen molar-refractivity contribution < 1.29 is 13.5 Å². The number of benzene rings is 1. The molecule has 1 unspecified atom stereocenters. The fraction of sp³-hybridized carbons (Fsp3) is 0.500. The summed E-state index contributed by atoms with van der Waals surface area (Å²) >= 11 is 0. The second kappa shape index (κ2) is 4.76. The molecule has 0 saturated carbocycles. The van der Waals surface area contributed by atoms with Gasteiger partial charge < -0.3 is 10.8 Å². The van der Waals surface area contributed by atoms with Crippen LogP contribution in [0.4, 0.5) is 0 Å². The van der Waals surface area contributed by atoms with Crippen LogP contribution in [0.25, 0.3) is 0 Å². The highest BCUT2D eigenvalue weighted by atomic mass is 32.2. The lowest BCUT2D eigenvalue weighted by atomic mass is 9.97. The summed E-state index contributed by atoms with van der Waals surface area (Å²) in [5, 5.41) is 9.47. The predicted molar refractivity (Wildman–Crippen MR) is 67.4 cm³/mol. The van der Waals surface area contributed by atoms with Gasteiger partial charge in [0.15, 0.2) is 9.84 Å². The molecule has 0 aliphatic rings. The highest BCUT2D eigenvalue weighted by molar-refractivity contribution is 7.92. The summed E-state index contributed by atoms with van der Waals surface area (Å²) < 4.78 is 23.8. The molecule has 0 aromatic heterocycles. The second-order valence-corrected chi connectivity index (χ2v) is 7.10. The first-order chi connectivity index (χ1) is 7.71. The summed E-state index contributed by atoms with van der Waals surface area (Å²) in [7, 11) is -3.26. The van der Waals surface area contributed by atoms with E-state index in [2.05, 4.69) is 0 Å². The average molecular weight is 257 g/mol. The van der Waals surface area contributed by atoms with Crippen LogP contribution in [0.15, 0.2) is 29.2 Å². The summed E-state index contributed by atoms with van der Waals surface area (Å²) in [4.78, 5) is 0.268. The molecule has 1 atom stereocenters. The Morgan fingerprint density at radius 1 is 1.29 bits per heavy atom. The normalized spacial score (nSPS) is 15.9. The number of sulfone groups is 1. The van der Waals surface area contributed by atoms with Crippen molar-refractivity contribution in [1.82, 2.24) is 0 Å². The number of rotatable bonds is 4. The van der Waals surface area contributed by atoms with Gasteiger partial charge in [-0.1, -0.05) is 12.1 Å². The third kappa shape index (κ3) is 2.86. The molecule has 96 valence electrons. The van der Waals surface area contributed by atoms with Crippen molar-refractivity contribution in [3.8, 4) is 0 Å². The van der Waals surface area contributed by atoms with E-state index >= 15 is 0 Å². The van der Waals surface area contributed by atoms with Crippen molar-refractivity contribution in [3.05, 3.63) is 29.8 Å². The molecule has 0 amide bonds. The molecule has 5 heteroatoms. The van der Waals surface area contributed by atoms with Crippen LogP contribution in [0.3, 0.4) is 0 Å². The van der Waals surface area contributed by atoms with Crippen LogP contribution in [-0.4, -0.2) is 25.3 Å². The first-order valence-electron chi connectivity index (χ1n) is 5.48. The van der Waals surface area contributed by atoms with Crippen LogP contribution in [-0.2, 0) is 15.4 Å². The smallest absolute Gasteiger partial charge is 0.180 e. The molecule has 4 nitrogen and oxygen atoms in total. The van der Waals surface area contributed by atoms with Crippen LogP contribution in [0, 0.1) is 0 Å². The van der Waals surface area contributed by atoms with Gasteiger partial charge in [-0.3, -0.25) is 0 Å². The number of hydrogen-bond donors (Lipinski definition) is 2. The SMILES string of the molecule is CC(C)S(=O)(=O)c1ccc(C(C)(O)CN)cc1. The quantitative estimate of drug-likeness (QED) is 0.844. The Hall–Kier alpha value is -0.910. The monoisotopic (exact) mass is 257 g/mol. The minimum Gasteiger partial charge on any atom is -0.384 e. The molecule has 0 spiro atoms. The van der Waals surface area contributed by atoms with Gasteiger partial charge in [0, 0.05) is 6.54 Å². The minimum atomic E-state index is -3.26. The summed E-state index contributed by atoms with van der Waals surface area (Å²) in [5.74, 6) is 0. The molecule has 0 fully saturated rings. The predicted octanol–water partition coefficient (Wildman–Crippen LogP) is 1.03. The standard InChI is InChI=1S/C12H19NO3S/c1-9(2)17(15,16)11-6-4-10(5-7-11)12(3,14)8-13/h4-7,9,14H,8,13H2,1-3H3. The van der Waals surface area contributed by atoms with E-state index < -0.39 is 20.7 Å². The lowest BCUT2D eigenvalue weighted by Crippen LogP contribution is -2.31. The van der Waals surface area contributed by atoms with Crippen molar-refractivity contribution in [2.75, 3.05) is 6.54 Å². The largest absolute Gasteiger partial charge is 0.384 e. The van der Waals surface area contributed by atoms with Crippen LogP contribution in [0.1, 0.15) is 26.3 Å². The van der Waals surface area contributed by atoms with E-state index in [1.165, 1.54) is 12.1 Å². The summed E-state index contributed by atoms with van der Waals surface area (Å²) in [6.45, 7) is 4.96. The Balaban J connectivity index is 3.14. The maximum atomic E-state index is 11.9. The third-order valence-electron chi connectivity index (χ3n) is 2.82. The second-order valence-electron chi connectivity index (χ2n) is 4.60. The lowest BCUT2D eigenvalue weighted by molar-refractivity contribution is 0.0668. The van der Waals surface area contributed by atoms with Crippen LogP contribution < -0.4 is 5.73 Å². The molecule has 1 aromatic rings. The zero-order chi connectivity index (χ0) is 13.3. The Bertz CT molecular complexity index is 475. The average Bonchev–Trinajstić information content (AvgIpc) is 2.29. The van der Waals surface area contributed by atoms with E-state index in [-0.39, 0.29) is 11.4 Å². The molecule has 0 aliphatic heterocycles. The molecule has 0 bridgehead atoms. The molecule has 0 radical (unpaired) electrons. The molecule has 0 aliphatic carbocycles. The zero-order valence-electron chi connectivity index (χ0n) is 10.3. The Labute approximate surface area is 102 Å². The maximum absolute atomic E-state index is 11.9. The number of nitrogens with two attached hydrogens (primary N) is 1. The van der Waals surface area contributed by atoms with E-state index in [1.54, 1.807) is 32.9 Å². The van der Waals surface area contributed by atoms with Gasteiger partial charge in [0.1, 0.15) is 0 Å². The van der Waals surface area contributed by atoms with Crippen molar-refractivity contribution in [2.24, 2.45) is 5.73 Å². The summed E-state index contributed by atoms with van der Waals surface area (Å²) in [6.07, 6.45) is 0. The number of hydrogen-bond acceptors (Lipinski definition) is 4. The molecule has 0 saturated heterocycles. The fourth-order valence-electron chi connectivity index (χ4n) is 1.39. The molecule has 1 aromatic carbocycles. The molecular formula is C12H19NO3S. The van der Waals surface area contributed by atoms with Gasteiger partial charge in [-0.15, -0.1) is 0 Å². The Kier molecular flexibility index (Phi) is 3.96. The van der Waals surface area contributed by atoms with Gasteiger partial charge in [0.2, 0.25) is 0 Å². The maximum Gasteiger partial charge on any atom is 0.180 e.